The van der Waals surface area contributed by atoms with E-state index in [1.54, 1.807) is 11.3 Å². The molecule has 0 radical (unpaired) electrons. The first-order chi connectivity index (χ1) is 8.33. The van der Waals surface area contributed by atoms with E-state index in [1.165, 1.54) is 5.56 Å². The molecule has 0 bridgehead atoms. The second-order valence-corrected chi connectivity index (χ2v) is 4.89. The van der Waals surface area contributed by atoms with Crippen LogP contribution in [0.2, 0.25) is 0 Å². The summed E-state index contributed by atoms with van der Waals surface area (Å²) in [7, 11) is 0. The molecule has 2 rings (SSSR count). The van der Waals surface area contributed by atoms with Gasteiger partial charge in [0.2, 0.25) is 0 Å². The normalized spacial score (nSPS) is 10.2. The van der Waals surface area contributed by atoms with Crippen molar-refractivity contribution in [1.29, 1.82) is 0 Å². The van der Waals surface area contributed by atoms with Gasteiger partial charge in [0.25, 0.3) is 0 Å². The molecule has 1 heterocycles. The molecule has 1 aromatic heterocycles. The highest BCUT2D eigenvalue weighted by Gasteiger charge is 2.07. The van der Waals surface area contributed by atoms with Crippen molar-refractivity contribution in [2.45, 2.75) is 13.5 Å². The van der Waals surface area contributed by atoms with Gasteiger partial charge in [-0.25, -0.2) is 0 Å². The van der Waals surface area contributed by atoms with E-state index in [0.29, 0.717) is 0 Å². The van der Waals surface area contributed by atoms with Gasteiger partial charge >= 0.3 is 0 Å². The van der Waals surface area contributed by atoms with Gasteiger partial charge in [-0.2, -0.15) is 0 Å². The summed E-state index contributed by atoms with van der Waals surface area (Å²) < 4.78 is 0. The molecule has 2 aromatic rings. The van der Waals surface area contributed by atoms with Crippen molar-refractivity contribution >= 4 is 22.6 Å². The number of benzene rings is 1. The molecule has 2 nitrogen and oxygen atoms in total. The molecule has 88 valence electrons. The van der Waals surface area contributed by atoms with Crippen molar-refractivity contribution in [2.24, 2.45) is 0 Å². The third-order valence-electron chi connectivity index (χ3n) is 2.64. The lowest BCUT2D eigenvalue weighted by molar-refractivity contribution is 0.112. The van der Waals surface area contributed by atoms with Gasteiger partial charge in [-0.1, -0.05) is 30.3 Å². The SMILES string of the molecule is CCN(Cc1ccccc1)c1ccc(C=O)s1. The Labute approximate surface area is 106 Å². The van der Waals surface area contributed by atoms with Crippen molar-refractivity contribution in [3.63, 3.8) is 0 Å². The van der Waals surface area contributed by atoms with Crippen LogP contribution in [-0.2, 0) is 6.54 Å². The lowest BCUT2D eigenvalue weighted by Crippen LogP contribution is -2.20. The molecule has 17 heavy (non-hydrogen) atoms. The van der Waals surface area contributed by atoms with Crippen LogP contribution in [0.3, 0.4) is 0 Å². The van der Waals surface area contributed by atoms with E-state index >= 15 is 0 Å². The summed E-state index contributed by atoms with van der Waals surface area (Å²) in [6.45, 7) is 3.95. The molecule has 0 N–H and O–H groups in total. The van der Waals surface area contributed by atoms with E-state index in [0.717, 1.165) is 29.3 Å². The van der Waals surface area contributed by atoms with Gasteiger partial charge in [0, 0.05) is 13.1 Å². The zero-order chi connectivity index (χ0) is 12.1. The van der Waals surface area contributed by atoms with Crippen molar-refractivity contribution in [3.8, 4) is 0 Å². The van der Waals surface area contributed by atoms with Crippen LogP contribution >= 0.6 is 11.3 Å². The smallest absolute Gasteiger partial charge is 0.160 e. The summed E-state index contributed by atoms with van der Waals surface area (Å²) in [4.78, 5) is 13.7. The highest BCUT2D eigenvalue weighted by molar-refractivity contribution is 7.17. The fourth-order valence-corrected chi connectivity index (χ4v) is 2.61. The van der Waals surface area contributed by atoms with Gasteiger partial charge in [-0.15, -0.1) is 11.3 Å². The quantitative estimate of drug-likeness (QED) is 0.750. The number of anilines is 1. The second-order valence-electron chi connectivity index (χ2n) is 3.79. The molecule has 0 fully saturated rings. The molecule has 0 unspecified atom stereocenters. The van der Waals surface area contributed by atoms with Crippen LogP contribution in [0.15, 0.2) is 42.5 Å². The van der Waals surface area contributed by atoms with Crippen LogP contribution in [0.1, 0.15) is 22.2 Å². The van der Waals surface area contributed by atoms with Gasteiger partial charge in [-0.05, 0) is 24.6 Å². The predicted octanol–water partition coefficient (Wildman–Crippen LogP) is 3.59. The maximum atomic E-state index is 10.7. The molecule has 0 aliphatic carbocycles. The summed E-state index contributed by atoms with van der Waals surface area (Å²) in [5.74, 6) is 0. The summed E-state index contributed by atoms with van der Waals surface area (Å²) >= 11 is 1.54. The number of carbonyl (C=O) groups excluding carboxylic acids is 1. The van der Waals surface area contributed by atoms with E-state index in [-0.39, 0.29) is 0 Å². The van der Waals surface area contributed by atoms with Gasteiger partial charge in [0.15, 0.2) is 6.29 Å². The molecule has 0 aliphatic heterocycles. The second kappa shape index (κ2) is 5.64. The summed E-state index contributed by atoms with van der Waals surface area (Å²) in [5.41, 5.74) is 1.29. The first-order valence-electron chi connectivity index (χ1n) is 5.67. The Kier molecular flexibility index (Phi) is 3.94. The van der Waals surface area contributed by atoms with E-state index < -0.39 is 0 Å². The Bertz CT molecular complexity index is 478. The Morgan fingerprint density at radius 3 is 2.53 bits per heavy atom. The summed E-state index contributed by atoms with van der Waals surface area (Å²) in [6, 6.07) is 14.3. The summed E-state index contributed by atoms with van der Waals surface area (Å²) in [6.07, 6.45) is 0.907. The van der Waals surface area contributed by atoms with Crippen LogP contribution in [0.5, 0.6) is 0 Å². The Hall–Kier alpha value is -1.61. The van der Waals surface area contributed by atoms with Gasteiger partial charge in [0.1, 0.15) is 0 Å². The average Bonchev–Trinajstić information content (AvgIpc) is 2.86. The molecule has 0 saturated heterocycles. The number of thiophene rings is 1. The molecule has 0 amide bonds. The van der Waals surface area contributed by atoms with E-state index in [1.807, 2.05) is 18.2 Å². The molecular weight excluding hydrogens is 230 g/mol. The van der Waals surface area contributed by atoms with Crippen LogP contribution in [0.4, 0.5) is 5.00 Å². The average molecular weight is 245 g/mol. The maximum absolute atomic E-state index is 10.7. The third-order valence-corrected chi connectivity index (χ3v) is 3.71. The van der Waals surface area contributed by atoms with Crippen molar-refractivity contribution < 1.29 is 4.79 Å². The Morgan fingerprint density at radius 1 is 1.18 bits per heavy atom. The first kappa shape index (κ1) is 11.9. The number of nitrogens with zero attached hydrogens (tertiary/aromatic N) is 1. The molecule has 0 aliphatic rings. The number of carbonyl (C=O) groups is 1. The van der Waals surface area contributed by atoms with Gasteiger partial charge < -0.3 is 4.90 Å². The minimum absolute atomic E-state index is 0.784. The van der Waals surface area contributed by atoms with Gasteiger partial charge in [0.05, 0.1) is 9.88 Å². The molecule has 0 saturated carbocycles. The van der Waals surface area contributed by atoms with Crippen molar-refractivity contribution in [1.82, 2.24) is 0 Å². The standard InChI is InChI=1S/C14H15NOS/c1-2-15(10-12-6-4-3-5-7-12)14-9-8-13(11-16)17-14/h3-9,11H,2,10H2,1H3. The minimum atomic E-state index is 0.784. The number of rotatable bonds is 5. The van der Waals surface area contributed by atoms with Crippen molar-refractivity contribution in [3.05, 3.63) is 52.9 Å². The summed E-state index contributed by atoms with van der Waals surface area (Å²) in [5, 5.41) is 1.15. The number of aldehydes is 1. The predicted molar refractivity (Wildman–Crippen MR) is 72.9 cm³/mol. The van der Waals surface area contributed by atoms with Crippen LogP contribution < -0.4 is 4.90 Å². The number of hydrogen-bond acceptors (Lipinski definition) is 3. The lowest BCUT2D eigenvalue weighted by atomic mass is 10.2. The van der Waals surface area contributed by atoms with Crippen LogP contribution in [-0.4, -0.2) is 12.8 Å². The highest BCUT2D eigenvalue weighted by atomic mass is 32.1. The first-order valence-corrected chi connectivity index (χ1v) is 6.49. The largest absolute Gasteiger partial charge is 0.359 e. The van der Waals surface area contributed by atoms with E-state index in [2.05, 4.69) is 36.1 Å². The molecule has 3 heteroatoms. The maximum Gasteiger partial charge on any atom is 0.160 e. The third kappa shape index (κ3) is 2.94. The Balaban J connectivity index is 2.14. The number of hydrogen-bond donors (Lipinski definition) is 0. The van der Waals surface area contributed by atoms with E-state index in [4.69, 9.17) is 0 Å². The Morgan fingerprint density at radius 2 is 1.94 bits per heavy atom. The van der Waals surface area contributed by atoms with Crippen molar-refractivity contribution in [2.75, 3.05) is 11.4 Å². The zero-order valence-corrected chi connectivity index (χ0v) is 10.6. The molecule has 0 atom stereocenters. The van der Waals surface area contributed by atoms with Crippen LogP contribution in [0.25, 0.3) is 0 Å². The topological polar surface area (TPSA) is 20.3 Å². The molecule has 1 aromatic carbocycles. The van der Waals surface area contributed by atoms with Crippen LogP contribution in [0, 0.1) is 0 Å². The monoisotopic (exact) mass is 245 g/mol. The molecular formula is C14H15NOS. The fraction of sp³-hybridized carbons (Fsp3) is 0.214. The van der Waals surface area contributed by atoms with Gasteiger partial charge in [-0.3, -0.25) is 4.79 Å². The minimum Gasteiger partial charge on any atom is -0.359 e. The molecule has 0 spiro atoms. The van der Waals surface area contributed by atoms with E-state index in [9.17, 15) is 4.79 Å². The fourth-order valence-electron chi connectivity index (χ4n) is 1.72. The zero-order valence-electron chi connectivity index (χ0n) is 9.80. The highest BCUT2D eigenvalue weighted by Crippen LogP contribution is 2.26. The lowest BCUT2D eigenvalue weighted by Gasteiger charge is -2.21.